The number of hydrogen-bond donors (Lipinski definition) is 0. The molecule has 2 aromatic carbocycles. The molecule has 148 valence electrons. The molecular formula is C26H38O. The molecule has 0 aliphatic carbocycles. The molecule has 0 saturated carbocycles. The van der Waals surface area contributed by atoms with Crippen LogP contribution in [0.5, 0.6) is 0 Å². The van der Waals surface area contributed by atoms with Crippen molar-refractivity contribution < 1.29 is 4.74 Å². The monoisotopic (exact) mass is 366 g/mol. The fourth-order valence-electron chi connectivity index (χ4n) is 3.44. The summed E-state index contributed by atoms with van der Waals surface area (Å²) in [4.78, 5) is 0. The molecule has 0 amide bonds. The van der Waals surface area contributed by atoms with E-state index >= 15 is 0 Å². The van der Waals surface area contributed by atoms with Crippen LogP contribution < -0.4 is 0 Å². The van der Waals surface area contributed by atoms with E-state index < -0.39 is 0 Å². The van der Waals surface area contributed by atoms with Crippen molar-refractivity contribution in [3.05, 3.63) is 69.8 Å². The first-order chi connectivity index (χ1) is 13.1. The molecule has 27 heavy (non-hydrogen) atoms. The molecule has 1 nitrogen and oxygen atoms in total. The summed E-state index contributed by atoms with van der Waals surface area (Å²) in [7, 11) is 0. The van der Waals surface area contributed by atoms with E-state index in [2.05, 4.69) is 64.1 Å². The maximum absolute atomic E-state index is 5.81. The molecule has 0 bridgehead atoms. The Hall–Kier alpha value is -1.60. The van der Waals surface area contributed by atoms with E-state index in [9.17, 15) is 0 Å². The fraction of sp³-hybridized carbons (Fsp3) is 0.538. The molecule has 0 atom stereocenters. The summed E-state index contributed by atoms with van der Waals surface area (Å²) in [5.74, 6) is 0. The van der Waals surface area contributed by atoms with Crippen LogP contribution in [0.1, 0.15) is 71.9 Å². The smallest absolute Gasteiger partial charge is 0.0466 e. The topological polar surface area (TPSA) is 9.23 Å². The molecule has 0 N–H and O–H groups in total. The van der Waals surface area contributed by atoms with Crippen LogP contribution in [0.25, 0.3) is 0 Å². The van der Waals surface area contributed by atoms with Crippen molar-refractivity contribution in [3.8, 4) is 0 Å². The average molecular weight is 367 g/mol. The molecule has 0 radical (unpaired) electrons. The number of aryl methyl sites for hydroxylation is 6. The Labute approximate surface area is 167 Å². The Balaban J connectivity index is 1.42. The van der Waals surface area contributed by atoms with Crippen molar-refractivity contribution in [2.24, 2.45) is 0 Å². The zero-order chi connectivity index (χ0) is 19.5. The highest BCUT2D eigenvalue weighted by atomic mass is 16.5. The summed E-state index contributed by atoms with van der Waals surface area (Å²) in [5, 5.41) is 0. The van der Waals surface area contributed by atoms with Crippen LogP contribution in [0, 0.1) is 27.7 Å². The lowest BCUT2D eigenvalue weighted by Gasteiger charge is -2.07. The zero-order valence-corrected chi connectivity index (χ0v) is 17.9. The molecule has 0 saturated heterocycles. The molecule has 0 heterocycles. The van der Waals surface area contributed by atoms with E-state index in [-0.39, 0.29) is 0 Å². The number of hydrogen-bond acceptors (Lipinski definition) is 1. The first-order valence-electron chi connectivity index (χ1n) is 10.8. The van der Waals surface area contributed by atoms with E-state index in [4.69, 9.17) is 4.74 Å². The van der Waals surface area contributed by atoms with E-state index in [1.165, 1.54) is 84.7 Å². The summed E-state index contributed by atoms with van der Waals surface area (Å²) in [6, 6.07) is 13.7. The number of rotatable bonds is 12. The highest BCUT2D eigenvalue weighted by Crippen LogP contribution is 2.14. The SMILES string of the molecule is Cc1ccc(CCCCCOCCCCCc2ccc(C)c(C)c2)cc1C. The van der Waals surface area contributed by atoms with Gasteiger partial charge in [0, 0.05) is 13.2 Å². The molecule has 1 heteroatoms. The van der Waals surface area contributed by atoms with Gasteiger partial charge in [-0.25, -0.2) is 0 Å². The van der Waals surface area contributed by atoms with Crippen LogP contribution in [0.2, 0.25) is 0 Å². The van der Waals surface area contributed by atoms with Crippen LogP contribution in [0.4, 0.5) is 0 Å². The molecule has 0 aliphatic rings. The van der Waals surface area contributed by atoms with Gasteiger partial charge in [-0.2, -0.15) is 0 Å². The minimum atomic E-state index is 0.921. The zero-order valence-electron chi connectivity index (χ0n) is 17.9. The fourth-order valence-corrected chi connectivity index (χ4v) is 3.44. The van der Waals surface area contributed by atoms with Crippen LogP contribution >= 0.6 is 0 Å². The summed E-state index contributed by atoms with van der Waals surface area (Å²) in [6.07, 6.45) is 9.82. The predicted octanol–water partition coefficient (Wildman–Crippen LogP) is 7.06. The van der Waals surface area contributed by atoms with Crippen molar-refractivity contribution in [2.75, 3.05) is 13.2 Å². The van der Waals surface area contributed by atoms with Gasteiger partial charge in [0.2, 0.25) is 0 Å². The summed E-state index contributed by atoms with van der Waals surface area (Å²) >= 11 is 0. The Kier molecular flexibility index (Phi) is 9.62. The maximum atomic E-state index is 5.81. The quantitative estimate of drug-likeness (QED) is 0.365. The molecule has 2 aromatic rings. The summed E-state index contributed by atoms with van der Waals surface area (Å²) in [5.41, 5.74) is 8.55. The van der Waals surface area contributed by atoms with Crippen molar-refractivity contribution in [1.82, 2.24) is 0 Å². The van der Waals surface area contributed by atoms with Gasteiger partial charge < -0.3 is 4.74 Å². The second-order valence-corrected chi connectivity index (χ2v) is 8.07. The van der Waals surface area contributed by atoms with Crippen molar-refractivity contribution in [1.29, 1.82) is 0 Å². The second-order valence-electron chi connectivity index (χ2n) is 8.07. The summed E-state index contributed by atoms with van der Waals surface area (Å²) < 4.78 is 5.81. The van der Waals surface area contributed by atoms with Gasteiger partial charge in [0.1, 0.15) is 0 Å². The number of ether oxygens (including phenoxy) is 1. The Morgan fingerprint density at radius 3 is 1.37 bits per heavy atom. The first-order valence-corrected chi connectivity index (χ1v) is 10.8. The van der Waals surface area contributed by atoms with Gasteiger partial charge in [-0.15, -0.1) is 0 Å². The van der Waals surface area contributed by atoms with Gasteiger partial charge in [-0.1, -0.05) is 49.2 Å². The molecule has 0 spiro atoms. The minimum Gasteiger partial charge on any atom is -0.381 e. The average Bonchev–Trinajstić information content (AvgIpc) is 2.65. The van der Waals surface area contributed by atoms with Crippen LogP contribution in [0.15, 0.2) is 36.4 Å². The van der Waals surface area contributed by atoms with E-state index in [1.807, 2.05) is 0 Å². The van der Waals surface area contributed by atoms with Crippen LogP contribution in [-0.4, -0.2) is 13.2 Å². The Morgan fingerprint density at radius 1 is 0.519 bits per heavy atom. The van der Waals surface area contributed by atoms with Gasteiger partial charge in [-0.05, 0) is 99.6 Å². The second kappa shape index (κ2) is 12.0. The van der Waals surface area contributed by atoms with Gasteiger partial charge in [-0.3, -0.25) is 0 Å². The van der Waals surface area contributed by atoms with Crippen LogP contribution in [0.3, 0.4) is 0 Å². The minimum absolute atomic E-state index is 0.921. The normalized spacial score (nSPS) is 11.1. The third-order valence-corrected chi connectivity index (χ3v) is 5.65. The van der Waals surface area contributed by atoms with Gasteiger partial charge in [0.05, 0.1) is 0 Å². The van der Waals surface area contributed by atoms with E-state index in [0.29, 0.717) is 0 Å². The molecular weight excluding hydrogens is 328 g/mol. The molecule has 0 aromatic heterocycles. The van der Waals surface area contributed by atoms with Crippen molar-refractivity contribution >= 4 is 0 Å². The van der Waals surface area contributed by atoms with Crippen LogP contribution in [-0.2, 0) is 17.6 Å². The largest absolute Gasteiger partial charge is 0.381 e. The van der Waals surface area contributed by atoms with E-state index in [0.717, 1.165) is 13.2 Å². The molecule has 0 unspecified atom stereocenters. The standard InChI is InChI=1S/C26H38O/c1-21-13-15-25(19-23(21)3)11-7-5-9-17-27-18-10-6-8-12-26-16-14-22(2)24(4)20-26/h13-16,19-20H,5-12,17-18H2,1-4H3. The lowest BCUT2D eigenvalue weighted by molar-refractivity contribution is 0.126. The third kappa shape index (κ3) is 8.30. The van der Waals surface area contributed by atoms with Crippen molar-refractivity contribution in [3.63, 3.8) is 0 Å². The predicted molar refractivity (Wildman–Crippen MR) is 118 cm³/mol. The highest BCUT2D eigenvalue weighted by Gasteiger charge is 1.99. The third-order valence-electron chi connectivity index (χ3n) is 5.65. The van der Waals surface area contributed by atoms with E-state index in [1.54, 1.807) is 0 Å². The van der Waals surface area contributed by atoms with Gasteiger partial charge in [0.15, 0.2) is 0 Å². The summed E-state index contributed by atoms with van der Waals surface area (Å²) in [6.45, 7) is 10.6. The lowest BCUT2D eigenvalue weighted by Crippen LogP contribution is -1.98. The Morgan fingerprint density at radius 2 is 0.963 bits per heavy atom. The number of benzene rings is 2. The van der Waals surface area contributed by atoms with Gasteiger partial charge in [0.25, 0.3) is 0 Å². The molecule has 2 rings (SSSR count). The highest BCUT2D eigenvalue weighted by molar-refractivity contribution is 5.30. The first kappa shape index (κ1) is 21.7. The maximum Gasteiger partial charge on any atom is 0.0466 e. The van der Waals surface area contributed by atoms with Gasteiger partial charge >= 0.3 is 0 Å². The lowest BCUT2D eigenvalue weighted by atomic mass is 10.0. The Bertz CT molecular complexity index is 627. The molecule has 0 aliphatic heterocycles. The van der Waals surface area contributed by atoms with Crippen molar-refractivity contribution in [2.45, 2.75) is 79.1 Å². The number of unbranched alkanes of at least 4 members (excludes halogenated alkanes) is 4. The molecule has 0 fully saturated rings.